The van der Waals surface area contributed by atoms with Crippen LogP contribution in [0.15, 0.2) is 12.7 Å². The minimum Gasteiger partial charge on any atom is -0.479 e. The maximum Gasteiger partial charge on any atom is 0.331 e. The predicted molar refractivity (Wildman–Crippen MR) is 58.6 cm³/mol. The maximum atomic E-state index is 11.7. The average molecular weight is 254 g/mol. The SMILES string of the molecule is O=C(CCn1cncn1)NC1(C(=O)O)CCOC1. The summed E-state index contributed by atoms with van der Waals surface area (Å²) in [6.07, 6.45) is 3.32. The fourth-order valence-electron chi connectivity index (χ4n) is 1.78. The number of nitrogens with one attached hydrogen (secondary N) is 1. The van der Waals surface area contributed by atoms with Gasteiger partial charge in [0.05, 0.1) is 13.2 Å². The van der Waals surface area contributed by atoms with E-state index in [1.54, 1.807) is 0 Å². The number of amides is 1. The van der Waals surface area contributed by atoms with Crippen LogP contribution >= 0.6 is 0 Å². The molecule has 8 heteroatoms. The Hall–Kier alpha value is -1.96. The van der Waals surface area contributed by atoms with Gasteiger partial charge in [0, 0.05) is 19.4 Å². The lowest BCUT2D eigenvalue weighted by molar-refractivity contribution is -0.147. The summed E-state index contributed by atoms with van der Waals surface area (Å²) < 4.78 is 6.56. The molecule has 1 aliphatic heterocycles. The Morgan fingerprint density at radius 1 is 1.56 bits per heavy atom. The minimum atomic E-state index is -1.28. The second-order valence-corrected chi connectivity index (χ2v) is 4.15. The van der Waals surface area contributed by atoms with Crippen LogP contribution in [-0.2, 0) is 20.9 Å². The lowest BCUT2D eigenvalue weighted by Gasteiger charge is -2.23. The molecule has 8 nitrogen and oxygen atoms in total. The summed E-state index contributed by atoms with van der Waals surface area (Å²) in [7, 11) is 0. The molecule has 18 heavy (non-hydrogen) atoms. The molecule has 98 valence electrons. The first-order valence-corrected chi connectivity index (χ1v) is 5.57. The second kappa shape index (κ2) is 5.13. The third-order valence-electron chi connectivity index (χ3n) is 2.84. The number of rotatable bonds is 5. The first kappa shape index (κ1) is 12.5. The normalized spacial score (nSPS) is 22.9. The molecule has 0 saturated carbocycles. The van der Waals surface area contributed by atoms with Crippen LogP contribution in [0.5, 0.6) is 0 Å². The van der Waals surface area contributed by atoms with E-state index in [0.29, 0.717) is 13.2 Å². The van der Waals surface area contributed by atoms with Gasteiger partial charge in [-0.05, 0) is 0 Å². The Morgan fingerprint density at radius 2 is 2.39 bits per heavy atom. The number of hydrogen-bond donors (Lipinski definition) is 2. The Morgan fingerprint density at radius 3 is 2.94 bits per heavy atom. The van der Waals surface area contributed by atoms with Crippen molar-refractivity contribution in [2.75, 3.05) is 13.2 Å². The van der Waals surface area contributed by atoms with Crippen molar-refractivity contribution in [3.8, 4) is 0 Å². The van der Waals surface area contributed by atoms with Crippen LogP contribution in [-0.4, -0.2) is 50.5 Å². The van der Waals surface area contributed by atoms with Gasteiger partial charge in [0.15, 0.2) is 5.54 Å². The molecule has 1 aromatic heterocycles. The fraction of sp³-hybridized carbons (Fsp3) is 0.600. The Labute approximate surface area is 103 Å². The van der Waals surface area contributed by atoms with Gasteiger partial charge in [-0.1, -0.05) is 0 Å². The van der Waals surface area contributed by atoms with Crippen LogP contribution in [0, 0.1) is 0 Å². The van der Waals surface area contributed by atoms with Gasteiger partial charge in [-0.15, -0.1) is 0 Å². The number of carbonyl (C=O) groups is 2. The number of carboxylic acid groups (broad SMARTS) is 1. The molecule has 1 aliphatic rings. The van der Waals surface area contributed by atoms with E-state index in [-0.39, 0.29) is 25.4 Å². The molecule has 0 aromatic carbocycles. The van der Waals surface area contributed by atoms with Crippen LogP contribution in [0.3, 0.4) is 0 Å². The molecule has 1 fully saturated rings. The first-order chi connectivity index (χ1) is 8.62. The molecule has 0 bridgehead atoms. The van der Waals surface area contributed by atoms with E-state index in [9.17, 15) is 9.59 Å². The maximum absolute atomic E-state index is 11.7. The lowest BCUT2D eigenvalue weighted by atomic mass is 9.99. The van der Waals surface area contributed by atoms with Gasteiger partial charge in [-0.25, -0.2) is 9.78 Å². The highest BCUT2D eigenvalue weighted by molar-refractivity contribution is 5.87. The zero-order valence-electron chi connectivity index (χ0n) is 9.70. The highest BCUT2D eigenvalue weighted by atomic mass is 16.5. The van der Waals surface area contributed by atoms with Crippen molar-refractivity contribution in [1.29, 1.82) is 0 Å². The van der Waals surface area contributed by atoms with E-state index >= 15 is 0 Å². The van der Waals surface area contributed by atoms with E-state index in [1.165, 1.54) is 17.3 Å². The van der Waals surface area contributed by atoms with Gasteiger partial charge >= 0.3 is 5.97 Å². The first-order valence-electron chi connectivity index (χ1n) is 5.57. The molecule has 1 unspecified atom stereocenters. The van der Waals surface area contributed by atoms with Crippen molar-refractivity contribution < 1.29 is 19.4 Å². The summed E-state index contributed by atoms with van der Waals surface area (Å²) in [4.78, 5) is 26.6. The highest BCUT2D eigenvalue weighted by Gasteiger charge is 2.43. The molecule has 0 spiro atoms. The molecule has 1 amide bonds. The standard InChI is InChI=1S/C10H14N4O4/c15-8(1-3-14-7-11-6-12-14)13-10(9(16)17)2-4-18-5-10/h6-7H,1-5H2,(H,13,15)(H,16,17). The zero-order valence-corrected chi connectivity index (χ0v) is 9.70. The summed E-state index contributed by atoms with van der Waals surface area (Å²) in [5, 5.41) is 15.5. The number of carboxylic acids is 1. The van der Waals surface area contributed by atoms with Crippen LogP contribution in [0.25, 0.3) is 0 Å². The Balaban J connectivity index is 1.88. The van der Waals surface area contributed by atoms with E-state index in [2.05, 4.69) is 15.4 Å². The number of hydrogen-bond acceptors (Lipinski definition) is 5. The molecule has 0 radical (unpaired) electrons. The third kappa shape index (κ3) is 2.65. The van der Waals surface area contributed by atoms with Gasteiger partial charge < -0.3 is 15.2 Å². The van der Waals surface area contributed by atoms with Crippen molar-refractivity contribution in [3.05, 3.63) is 12.7 Å². The van der Waals surface area contributed by atoms with E-state index in [0.717, 1.165) is 0 Å². The second-order valence-electron chi connectivity index (χ2n) is 4.15. The number of ether oxygens (including phenoxy) is 1. The van der Waals surface area contributed by atoms with Gasteiger partial charge in [-0.2, -0.15) is 5.10 Å². The molecule has 1 aromatic rings. The summed E-state index contributed by atoms with van der Waals surface area (Å²) in [5.74, 6) is -1.40. The number of aryl methyl sites for hydroxylation is 1. The fourth-order valence-corrected chi connectivity index (χ4v) is 1.78. The van der Waals surface area contributed by atoms with Crippen molar-refractivity contribution in [1.82, 2.24) is 20.1 Å². The van der Waals surface area contributed by atoms with Crippen molar-refractivity contribution in [2.24, 2.45) is 0 Å². The summed E-state index contributed by atoms with van der Waals surface area (Å²) in [6.45, 7) is 0.718. The predicted octanol–water partition coefficient (Wildman–Crippen LogP) is -0.972. The molecule has 0 aliphatic carbocycles. The smallest absolute Gasteiger partial charge is 0.331 e. The number of carbonyl (C=O) groups excluding carboxylic acids is 1. The van der Waals surface area contributed by atoms with Gasteiger partial charge in [0.1, 0.15) is 12.7 Å². The quantitative estimate of drug-likeness (QED) is 0.700. The molecular weight excluding hydrogens is 240 g/mol. The van der Waals surface area contributed by atoms with E-state index in [1.807, 2.05) is 0 Å². The molecule has 1 atom stereocenters. The largest absolute Gasteiger partial charge is 0.479 e. The van der Waals surface area contributed by atoms with Crippen molar-refractivity contribution in [2.45, 2.75) is 24.9 Å². The third-order valence-corrected chi connectivity index (χ3v) is 2.84. The number of aromatic nitrogens is 3. The Bertz CT molecular complexity index is 425. The van der Waals surface area contributed by atoms with Crippen LogP contribution in [0.2, 0.25) is 0 Å². The van der Waals surface area contributed by atoms with E-state index < -0.39 is 11.5 Å². The topological polar surface area (TPSA) is 106 Å². The number of aliphatic carboxylic acids is 1. The molecule has 2 rings (SSSR count). The summed E-state index contributed by atoms with van der Waals surface area (Å²) >= 11 is 0. The molecular formula is C10H14N4O4. The molecule has 2 heterocycles. The highest BCUT2D eigenvalue weighted by Crippen LogP contribution is 2.19. The lowest BCUT2D eigenvalue weighted by Crippen LogP contribution is -2.55. The minimum absolute atomic E-state index is 0.0113. The molecule has 1 saturated heterocycles. The van der Waals surface area contributed by atoms with E-state index in [4.69, 9.17) is 9.84 Å². The van der Waals surface area contributed by atoms with Crippen LogP contribution in [0.1, 0.15) is 12.8 Å². The van der Waals surface area contributed by atoms with Gasteiger partial charge in [0.2, 0.25) is 5.91 Å². The van der Waals surface area contributed by atoms with Crippen LogP contribution in [0.4, 0.5) is 0 Å². The number of nitrogens with zero attached hydrogens (tertiary/aromatic N) is 3. The monoisotopic (exact) mass is 254 g/mol. The summed E-state index contributed by atoms with van der Waals surface area (Å²) in [5.41, 5.74) is -1.28. The van der Waals surface area contributed by atoms with Crippen molar-refractivity contribution in [3.63, 3.8) is 0 Å². The van der Waals surface area contributed by atoms with Gasteiger partial charge in [-0.3, -0.25) is 9.48 Å². The van der Waals surface area contributed by atoms with Crippen molar-refractivity contribution >= 4 is 11.9 Å². The summed E-state index contributed by atoms with van der Waals surface area (Å²) in [6, 6.07) is 0. The van der Waals surface area contributed by atoms with Gasteiger partial charge in [0.25, 0.3) is 0 Å². The Kier molecular flexibility index (Phi) is 3.56. The zero-order chi connectivity index (χ0) is 13.0. The van der Waals surface area contributed by atoms with Crippen LogP contribution < -0.4 is 5.32 Å². The average Bonchev–Trinajstić information content (AvgIpc) is 2.97. The molecule has 2 N–H and O–H groups in total.